The van der Waals surface area contributed by atoms with Crippen LogP contribution < -0.4 is 14.2 Å². The number of quaternary nitrogens is 1. The number of benzene rings is 2. The molecule has 1 fully saturated rings. The Hall–Kier alpha value is -3.43. The Balaban J connectivity index is 1.38. The van der Waals surface area contributed by atoms with Gasteiger partial charge in [-0.25, -0.2) is 4.39 Å². The number of halogens is 1. The molecule has 4 aromatic rings. The second-order valence-electron chi connectivity index (χ2n) is 8.99. The normalized spacial score (nSPS) is 16.6. The quantitative estimate of drug-likeness (QED) is 0.493. The van der Waals surface area contributed by atoms with Gasteiger partial charge in [0.2, 0.25) is 11.5 Å². The van der Waals surface area contributed by atoms with Crippen molar-refractivity contribution in [2.45, 2.75) is 25.8 Å². The third kappa shape index (κ3) is 3.04. The summed E-state index contributed by atoms with van der Waals surface area (Å²) in [4.78, 5) is 7.58. The number of para-hydroxylation sites is 2. The average Bonchev–Trinajstić information content (AvgIpc) is 3.45. The maximum absolute atomic E-state index is 13.2. The van der Waals surface area contributed by atoms with Crippen LogP contribution in [0, 0.1) is 17.1 Å². The molecule has 0 spiro atoms. The Morgan fingerprint density at radius 2 is 1.78 bits per heavy atom. The molecule has 2 aromatic heterocycles. The van der Waals surface area contributed by atoms with Crippen LogP contribution in [0.4, 0.5) is 10.2 Å². The molecule has 0 saturated carbocycles. The van der Waals surface area contributed by atoms with E-state index in [1.165, 1.54) is 27.4 Å². The summed E-state index contributed by atoms with van der Waals surface area (Å²) in [5, 5.41) is 9.99. The van der Waals surface area contributed by atoms with Crippen LogP contribution in [0.5, 0.6) is 0 Å². The van der Waals surface area contributed by atoms with Crippen LogP contribution in [0.25, 0.3) is 16.7 Å². The first kappa shape index (κ1) is 19.3. The maximum atomic E-state index is 13.2. The van der Waals surface area contributed by atoms with Gasteiger partial charge in [0.25, 0.3) is 0 Å². The number of hydrogen-bond acceptors (Lipinski definition) is 2. The van der Waals surface area contributed by atoms with Gasteiger partial charge in [0, 0.05) is 11.1 Å². The molecule has 32 heavy (non-hydrogen) atoms. The number of nitrogens with one attached hydrogen (secondary N) is 2. The van der Waals surface area contributed by atoms with E-state index in [4.69, 9.17) is 0 Å². The molecule has 1 aliphatic heterocycles. The van der Waals surface area contributed by atoms with E-state index in [0.29, 0.717) is 0 Å². The molecule has 0 unspecified atom stereocenters. The van der Waals surface area contributed by atoms with Gasteiger partial charge in [-0.05, 0) is 49.1 Å². The van der Waals surface area contributed by atoms with Gasteiger partial charge >= 0.3 is 0 Å². The summed E-state index contributed by atoms with van der Waals surface area (Å²) >= 11 is 0. The Bertz CT molecular complexity index is 1360. The molecule has 0 bridgehead atoms. The number of nitrogens with zero attached hydrogens (tertiary/aromatic N) is 3. The summed E-state index contributed by atoms with van der Waals surface area (Å²) in [7, 11) is 0. The van der Waals surface area contributed by atoms with E-state index < -0.39 is 0 Å². The molecule has 5 nitrogen and oxygen atoms in total. The summed E-state index contributed by atoms with van der Waals surface area (Å²) in [6.45, 7) is 4.94. The van der Waals surface area contributed by atoms with Crippen LogP contribution in [-0.2, 0) is 19.4 Å². The number of imidazole rings is 1. The van der Waals surface area contributed by atoms with E-state index in [-0.39, 0.29) is 5.82 Å². The zero-order valence-corrected chi connectivity index (χ0v) is 18.0. The minimum atomic E-state index is -0.178. The lowest BCUT2D eigenvalue weighted by Crippen LogP contribution is -3.13. The summed E-state index contributed by atoms with van der Waals surface area (Å²) in [6.07, 6.45) is 3.12. The van der Waals surface area contributed by atoms with Gasteiger partial charge in [-0.1, -0.05) is 24.3 Å². The largest absolute Gasteiger partial charge is 0.326 e. The Kier molecular flexibility index (Phi) is 4.58. The number of anilines is 1. The summed E-state index contributed by atoms with van der Waals surface area (Å²) in [5.74, 6) is 1.09. The predicted molar refractivity (Wildman–Crippen MR) is 121 cm³/mol. The fourth-order valence-corrected chi connectivity index (χ4v) is 5.57. The Morgan fingerprint density at radius 1 is 1.03 bits per heavy atom. The highest BCUT2D eigenvalue weighted by atomic mass is 19.1. The number of hydrogen-bond donors (Lipinski definition) is 2. The van der Waals surface area contributed by atoms with Crippen LogP contribution in [0.1, 0.15) is 28.7 Å². The van der Waals surface area contributed by atoms with E-state index >= 15 is 0 Å². The average molecular weight is 428 g/mol. The van der Waals surface area contributed by atoms with Gasteiger partial charge in [-0.3, -0.25) is 9.88 Å². The second-order valence-corrected chi connectivity index (χ2v) is 8.99. The highest BCUT2D eigenvalue weighted by Crippen LogP contribution is 2.34. The van der Waals surface area contributed by atoms with E-state index in [1.54, 1.807) is 12.1 Å². The molecule has 1 saturated heterocycles. The number of fused-ring (bicyclic) bond motifs is 4. The number of piperazine rings is 1. The van der Waals surface area contributed by atoms with Gasteiger partial charge in [0.1, 0.15) is 61.2 Å². The van der Waals surface area contributed by atoms with Crippen molar-refractivity contribution in [2.24, 2.45) is 0 Å². The second kappa shape index (κ2) is 7.61. The number of nitriles is 1. The van der Waals surface area contributed by atoms with Crippen LogP contribution in [0.3, 0.4) is 0 Å². The summed E-state index contributed by atoms with van der Waals surface area (Å²) in [6, 6.07) is 17.7. The smallest absolute Gasteiger partial charge is 0.250 e. The molecule has 160 valence electrons. The van der Waals surface area contributed by atoms with Crippen LogP contribution in [0.15, 0.2) is 48.5 Å². The molecule has 2 aromatic carbocycles. The lowest BCUT2D eigenvalue weighted by atomic mass is 10.0. The molecule has 0 atom stereocenters. The maximum Gasteiger partial charge on any atom is 0.250 e. The molecule has 6 rings (SSSR count). The first-order chi connectivity index (χ1) is 15.7. The predicted octanol–water partition coefficient (Wildman–Crippen LogP) is 2.31. The van der Waals surface area contributed by atoms with Gasteiger partial charge < -0.3 is 4.90 Å². The molecule has 6 heteroatoms. The molecule has 2 N–H and O–H groups in total. The zero-order valence-electron chi connectivity index (χ0n) is 18.0. The van der Waals surface area contributed by atoms with Crippen LogP contribution in [-0.4, -0.2) is 31.2 Å². The standard InChI is InChI=1S/C26H24FN5/c27-19-10-8-18(9-11-19)17-30-12-14-31(15-13-30)26-21-5-3-4-20(21)22(16-28)25-29-23-6-1-2-7-24(23)32(25)26/h1-2,6-11H,3-5,12-15,17H2/p+2. The molecule has 3 heterocycles. The highest BCUT2D eigenvalue weighted by molar-refractivity contribution is 5.78. The number of H-pyrrole nitrogens is 1. The van der Waals surface area contributed by atoms with E-state index in [0.717, 1.165) is 74.2 Å². The molecular weight excluding hydrogens is 401 g/mol. The first-order valence-electron chi connectivity index (χ1n) is 11.5. The van der Waals surface area contributed by atoms with Crippen molar-refractivity contribution in [2.75, 3.05) is 31.1 Å². The topological polar surface area (TPSA) is 51.4 Å². The van der Waals surface area contributed by atoms with E-state index in [1.807, 2.05) is 18.2 Å². The van der Waals surface area contributed by atoms with Crippen molar-refractivity contribution in [3.05, 3.63) is 76.6 Å². The molecule has 1 aliphatic carbocycles. The van der Waals surface area contributed by atoms with Crippen molar-refractivity contribution >= 4 is 22.5 Å². The fourth-order valence-electron chi connectivity index (χ4n) is 5.57. The van der Waals surface area contributed by atoms with Crippen molar-refractivity contribution in [1.82, 2.24) is 4.98 Å². The fraction of sp³-hybridized carbons (Fsp3) is 0.308. The number of rotatable bonds is 3. The minimum absolute atomic E-state index is 0.178. The first-order valence-corrected chi connectivity index (χ1v) is 11.5. The molecule has 2 aliphatic rings. The molecule has 0 radical (unpaired) electrons. The summed E-state index contributed by atoms with van der Waals surface area (Å²) in [5.41, 5.74) is 7.69. The Labute approximate surface area is 186 Å². The van der Waals surface area contributed by atoms with Crippen LogP contribution >= 0.6 is 0 Å². The third-order valence-corrected chi connectivity index (χ3v) is 7.11. The van der Waals surface area contributed by atoms with Crippen molar-refractivity contribution < 1.29 is 13.7 Å². The SMILES string of the molecule is N#Cc1c2c(c(N3CC[NH+](Cc4ccc(F)cc4)CC3)[n+]3c1[nH]c1ccccc13)CCC2. The number of pyridine rings is 1. The number of aromatic amines is 1. The van der Waals surface area contributed by atoms with E-state index in [2.05, 4.69) is 38.6 Å². The monoisotopic (exact) mass is 427 g/mol. The van der Waals surface area contributed by atoms with E-state index in [9.17, 15) is 9.65 Å². The summed E-state index contributed by atoms with van der Waals surface area (Å²) < 4.78 is 15.5. The van der Waals surface area contributed by atoms with Gasteiger partial charge in [-0.15, -0.1) is 0 Å². The lowest BCUT2D eigenvalue weighted by molar-refractivity contribution is -0.914. The van der Waals surface area contributed by atoms with Crippen molar-refractivity contribution in [3.63, 3.8) is 0 Å². The molecular formula is C26H26FN5+2. The lowest BCUT2D eigenvalue weighted by Gasteiger charge is -2.31. The van der Waals surface area contributed by atoms with Gasteiger partial charge in [0.15, 0.2) is 0 Å². The zero-order chi connectivity index (χ0) is 21.7. The third-order valence-electron chi connectivity index (χ3n) is 7.11. The van der Waals surface area contributed by atoms with Gasteiger partial charge in [-0.2, -0.15) is 9.66 Å². The Morgan fingerprint density at radius 3 is 2.56 bits per heavy atom. The van der Waals surface area contributed by atoms with Crippen molar-refractivity contribution in [3.8, 4) is 6.07 Å². The van der Waals surface area contributed by atoms with Crippen LogP contribution in [0.2, 0.25) is 0 Å². The highest BCUT2D eigenvalue weighted by Gasteiger charge is 2.35. The van der Waals surface area contributed by atoms with Crippen molar-refractivity contribution in [1.29, 1.82) is 5.26 Å². The molecule has 0 amide bonds. The van der Waals surface area contributed by atoms with Gasteiger partial charge in [0.05, 0.1) is 0 Å². The number of aromatic nitrogens is 2. The minimum Gasteiger partial charge on any atom is -0.326 e.